The average Bonchev–Trinajstić information content (AvgIpc) is 1.57. The lowest BCUT2D eigenvalue weighted by Crippen LogP contribution is -1.86. The van der Waals surface area contributed by atoms with Crippen molar-refractivity contribution in [2.75, 3.05) is 0 Å². The van der Waals surface area contributed by atoms with Crippen molar-refractivity contribution in [2.45, 2.75) is 170 Å². The molecule has 0 spiro atoms. The highest BCUT2D eigenvalue weighted by Gasteiger charge is 2.35. The van der Waals surface area contributed by atoms with Gasteiger partial charge in [0.1, 0.15) is 0 Å². The van der Waals surface area contributed by atoms with E-state index < -0.39 is 0 Å². The van der Waals surface area contributed by atoms with Crippen LogP contribution in [0.5, 0.6) is 0 Å². The Morgan fingerprint density at radius 1 is 0.102 bits per heavy atom. The predicted molar refractivity (Wildman–Crippen MR) is 612 cm³/mol. The average molecular weight is 1800 g/mol. The van der Waals surface area contributed by atoms with E-state index in [0.717, 1.165) is 77.0 Å². The molecule has 0 nitrogen and oxygen atoms in total. The van der Waals surface area contributed by atoms with Crippen molar-refractivity contribution in [1.29, 1.82) is 0 Å². The standard InChI is InChI=1S/C40H28.2C33H24.C26H20.5CH4.12H2/c1-21-3-5-33-25(7-21)11-29-19-39-31(17-35(29)33)13-27-9-24-16-38-28(10-23(24)15-37(27)39)14-32-18-36-30(20-40(32)38)12-26-8-22(2)4-6-34(26)36;2*1-18-3-5-28-22(7-18)11-24-9-21-15-32-25(10-20(21)14-30(24)28)13-27-16-31-26(17-33(27)32)12-23-8-19(2)4-6-29(23)31;1-15-3-5-23-19(7-15)11-21-9-17-14-26-22(10-18(17)13-25(21)23)12-20-8-16(2)4-6-24(20)26;;;;;;;;;;;;;;;;;/h3-10,15-20H,11-14H2,1-2H3;2*3-10,14-17H,11-13H2,1-2H3;3-10,13-14H,11-12H2,1-2H3;5*1H4;12*1H/i;;;;;;;;;12*1+1. The van der Waals surface area contributed by atoms with Crippen molar-refractivity contribution in [3.8, 4) is 134 Å². The summed E-state index contributed by atoms with van der Waals surface area (Å²) in [4.78, 5) is 0. The van der Waals surface area contributed by atoms with Gasteiger partial charge in [-0.1, -0.05) is 276 Å². The molecule has 0 aromatic heterocycles. The van der Waals surface area contributed by atoms with Crippen molar-refractivity contribution < 1.29 is 17.1 Å². The molecule has 0 saturated carbocycles. The zero-order valence-electron chi connectivity index (χ0n) is 76.2. The fourth-order valence-corrected chi connectivity index (χ4v) is 26.4. The Morgan fingerprint density at radius 2 is 0.190 bits per heavy atom. The number of hydrogen-bond acceptors (Lipinski definition) is 0. The molecule has 12 aliphatic carbocycles. The molecule has 0 atom stereocenters. The van der Waals surface area contributed by atoms with Gasteiger partial charge in [-0.3, -0.25) is 0 Å². The highest BCUT2D eigenvalue weighted by Crippen LogP contribution is 2.55. The van der Waals surface area contributed by atoms with Crippen molar-refractivity contribution in [2.24, 2.45) is 0 Å². The van der Waals surface area contributed by atoms with Gasteiger partial charge in [-0.25, -0.2) is 0 Å². The molecule has 32 rings (SSSR count). The largest absolute Gasteiger partial charge is 0.0776 e. The van der Waals surface area contributed by atoms with E-state index in [4.69, 9.17) is 0 Å². The van der Waals surface area contributed by atoms with Crippen molar-refractivity contribution in [3.05, 3.63) is 469 Å². The van der Waals surface area contributed by atoms with Crippen molar-refractivity contribution in [1.82, 2.24) is 0 Å². The van der Waals surface area contributed by atoms with Gasteiger partial charge in [-0.15, -0.1) is 0 Å². The summed E-state index contributed by atoms with van der Waals surface area (Å²) in [6, 6.07) is 115. The summed E-state index contributed by atoms with van der Waals surface area (Å²) in [7, 11) is 0. The first-order chi connectivity index (χ1) is 64.4. The summed E-state index contributed by atoms with van der Waals surface area (Å²) >= 11 is 0. The van der Waals surface area contributed by atoms with Crippen molar-refractivity contribution >= 4 is 43.1 Å². The van der Waals surface area contributed by atoms with Crippen LogP contribution < -0.4 is 0 Å². The Hall–Kier alpha value is -14.6. The van der Waals surface area contributed by atoms with Gasteiger partial charge in [0.05, 0.1) is 0 Å². The highest BCUT2D eigenvalue weighted by atomic mass is 14.4. The minimum absolute atomic E-state index is 0. The molecular formula is C137H140. The number of fused-ring (bicyclic) bond motifs is 40. The smallest absolute Gasteiger partial charge is 0 e. The fourth-order valence-electron chi connectivity index (χ4n) is 26.4. The first kappa shape index (κ1) is 85.4. The van der Waals surface area contributed by atoms with Gasteiger partial charge in [0, 0.05) is 17.1 Å². The van der Waals surface area contributed by atoms with Crippen LogP contribution in [0, 0.1) is 55.4 Å². The first-order valence-electron chi connectivity index (χ1n) is 48.2. The molecule has 0 amide bonds. The number of rotatable bonds is 0. The van der Waals surface area contributed by atoms with E-state index in [9.17, 15) is 0 Å². The lowest BCUT2D eigenvalue weighted by atomic mass is 9.94. The molecule has 20 aromatic carbocycles. The number of aryl methyl sites for hydroxylation is 8. The van der Waals surface area contributed by atoms with Crippen LogP contribution in [0.1, 0.15) is 232 Å². The van der Waals surface area contributed by atoms with Crippen LogP contribution >= 0.6 is 0 Å². The van der Waals surface area contributed by atoms with Crippen LogP contribution in [0.3, 0.4) is 0 Å². The third-order valence-corrected chi connectivity index (χ3v) is 32.6. The van der Waals surface area contributed by atoms with E-state index in [1.165, 1.54) is 355 Å². The van der Waals surface area contributed by atoms with Gasteiger partial charge in [-0.05, 0) is 540 Å². The monoisotopic (exact) mass is 1800 g/mol. The lowest BCUT2D eigenvalue weighted by Gasteiger charge is -2.10. The maximum Gasteiger partial charge on any atom is 0 e. The molecule has 0 heteroatoms. The third-order valence-electron chi connectivity index (χ3n) is 32.6. The summed E-state index contributed by atoms with van der Waals surface area (Å²) < 4.78 is 0. The van der Waals surface area contributed by atoms with Crippen LogP contribution in [0.25, 0.3) is 177 Å². The van der Waals surface area contributed by atoms with Crippen LogP contribution in [-0.4, -0.2) is 0 Å². The second-order valence-electron chi connectivity index (χ2n) is 41.5. The van der Waals surface area contributed by atoms with E-state index in [1.54, 1.807) is 0 Å². The second kappa shape index (κ2) is 31.2. The highest BCUT2D eigenvalue weighted by molar-refractivity contribution is 6.04. The van der Waals surface area contributed by atoms with Gasteiger partial charge in [0.25, 0.3) is 0 Å². The maximum atomic E-state index is 2.50. The number of benzene rings is 20. The summed E-state index contributed by atoms with van der Waals surface area (Å²) in [5, 5.41) is 11.0. The van der Waals surface area contributed by atoms with Gasteiger partial charge in [0.15, 0.2) is 0 Å². The molecule has 0 aliphatic heterocycles. The topological polar surface area (TPSA) is 0 Å². The van der Waals surface area contributed by atoms with Crippen LogP contribution in [0.2, 0.25) is 0 Å². The lowest BCUT2D eigenvalue weighted by molar-refractivity contribution is 1.23. The van der Waals surface area contributed by atoms with Crippen molar-refractivity contribution in [3.63, 3.8) is 0 Å². The quantitative estimate of drug-likeness (QED) is 0.142. The molecule has 137 heavy (non-hydrogen) atoms. The summed E-state index contributed by atoms with van der Waals surface area (Å²) in [6.07, 6.45) is 12.6. The zero-order chi connectivity index (χ0) is 87.4. The first-order valence-corrected chi connectivity index (χ1v) is 48.2. The molecule has 0 N–H and O–H groups in total. The summed E-state index contributed by atoms with van der Waals surface area (Å²) in [6.45, 7) is 17.5. The van der Waals surface area contributed by atoms with Crippen LogP contribution in [0.4, 0.5) is 0 Å². The van der Waals surface area contributed by atoms with E-state index in [0.29, 0.717) is 0 Å². The van der Waals surface area contributed by atoms with E-state index in [1.807, 2.05) is 0 Å². The SMILES string of the molecule is C.C.C.C.C.Cc1ccc2c(c1)Cc1cc3c(cc1-2)Cc1cc2cc4c(cc2cc1-3)Cc1cc(C)ccc1-4.Cc1ccc2c(c1)Cc1cc3c(cc1-2)Cc1cc2cc4c(cc2cc1-3)Cc1cc(C)ccc1-4.Cc1ccc2c(c1)Cc1cc3c(cc1-2)Cc1cc2cc4c(cc2cc1-3)Cc1cc2c(cc1-4)Cc1cc(C)ccc1-2.Cc1ccc2c(c1)Cc1cc3cc4c(cc3cc1-2)Cc1cc(C)ccc1-4.[2HH].[2HH].[2HH].[2HH].[2HH].[2HH].[2HH].[2HH].[2HH].[2HH].[2HH].[2HH]. The maximum absolute atomic E-state index is 2.50. The van der Waals surface area contributed by atoms with E-state index in [2.05, 4.69) is 347 Å². The third kappa shape index (κ3) is 13.3. The summed E-state index contributed by atoms with van der Waals surface area (Å²) in [5.74, 6) is 0. The van der Waals surface area contributed by atoms with Crippen LogP contribution in [-0.2, 0) is 77.0 Å². The molecule has 12 aliphatic rings. The Bertz CT molecular complexity index is 8380. The molecular weight excluding hydrogens is 1650 g/mol. The Morgan fingerprint density at radius 3 is 0.314 bits per heavy atom. The fraction of sp³-hybridized carbons (Fsp3) is 0.182. The Kier molecular flexibility index (Phi) is 19.5. The predicted octanol–water partition coefficient (Wildman–Crippen LogP) is 38.8. The van der Waals surface area contributed by atoms with E-state index in [-0.39, 0.29) is 54.3 Å². The normalized spacial score (nSPS) is 13.5. The summed E-state index contributed by atoms with van der Waals surface area (Å²) in [5.41, 5.74) is 80.9. The molecule has 0 unspecified atom stereocenters. The Balaban J connectivity index is 0.000000171. The van der Waals surface area contributed by atoms with Crippen LogP contribution in [0.15, 0.2) is 291 Å². The van der Waals surface area contributed by atoms with Gasteiger partial charge >= 0.3 is 0 Å². The van der Waals surface area contributed by atoms with E-state index >= 15 is 0 Å². The molecule has 688 valence electrons. The molecule has 0 radical (unpaired) electrons. The second-order valence-corrected chi connectivity index (χ2v) is 41.5. The van der Waals surface area contributed by atoms with Gasteiger partial charge in [-0.2, -0.15) is 0 Å². The van der Waals surface area contributed by atoms with Gasteiger partial charge in [0.2, 0.25) is 0 Å². The molecule has 20 aromatic rings. The molecule has 0 bridgehead atoms. The molecule has 0 fully saturated rings. The van der Waals surface area contributed by atoms with Gasteiger partial charge < -0.3 is 0 Å². The number of hydrogen-bond donors (Lipinski definition) is 0. The minimum Gasteiger partial charge on any atom is -0.0776 e. The molecule has 0 heterocycles. The molecule has 0 saturated heterocycles. The Labute approximate surface area is 827 Å². The minimum atomic E-state index is 0. The zero-order valence-corrected chi connectivity index (χ0v) is 76.2.